The summed E-state index contributed by atoms with van der Waals surface area (Å²) in [5.41, 5.74) is 0. The summed E-state index contributed by atoms with van der Waals surface area (Å²) < 4.78 is 5.80. The Morgan fingerprint density at radius 3 is 1.53 bits per heavy atom. The topological polar surface area (TPSA) is 95.9 Å². The third-order valence-corrected chi connectivity index (χ3v) is 9.90. The molecule has 0 heterocycles. The summed E-state index contributed by atoms with van der Waals surface area (Å²) in [7, 11) is 0. The monoisotopic (exact) mass is 768 g/mol. The minimum atomic E-state index is -0.820. The Morgan fingerprint density at radius 1 is 0.564 bits per heavy atom. The van der Waals surface area contributed by atoms with Crippen LogP contribution in [0.1, 0.15) is 201 Å². The summed E-state index contributed by atoms with van der Waals surface area (Å²) in [5.74, 6) is -0.632. The number of hydrogen-bond acceptors (Lipinski definition) is 5. The number of amides is 1. The minimum Gasteiger partial charge on any atom is -0.461 e. The molecule has 0 aliphatic heterocycles. The molecule has 0 aromatic carbocycles. The van der Waals surface area contributed by atoms with Gasteiger partial charge in [-0.3, -0.25) is 9.59 Å². The van der Waals surface area contributed by atoms with Crippen LogP contribution in [0, 0.1) is 0 Å². The van der Waals surface area contributed by atoms with E-state index in [1.807, 2.05) is 54.7 Å². The van der Waals surface area contributed by atoms with Gasteiger partial charge in [0.15, 0.2) is 0 Å². The van der Waals surface area contributed by atoms with Crippen LogP contribution in [0.25, 0.3) is 0 Å². The van der Waals surface area contributed by atoms with E-state index in [0.29, 0.717) is 19.3 Å². The molecule has 0 rings (SSSR count). The molecule has 6 nitrogen and oxygen atoms in total. The number of nitrogens with one attached hydrogen (secondary N) is 1. The molecule has 316 valence electrons. The normalized spacial score (nSPS) is 14.1. The van der Waals surface area contributed by atoms with Crippen molar-refractivity contribution >= 4 is 11.9 Å². The number of carbonyl (C=O) groups is 2. The molecule has 0 saturated carbocycles. The van der Waals surface area contributed by atoms with Crippen LogP contribution < -0.4 is 5.32 Å². The summed E-state index contributed by atoms with van der Waals surface area (Å²) in [6.07, 6.45) is 52.7. The molecule has 3 atom stereocenters. The van der Waals surface area contributed by atoms with Gasteiger partial charge in [0.1, 0.15) is 6.10 Å². The van der Waals surface area contributed by atoms with E-state index >= 15 is 0 Å². The maximum Gasteiger partial charge on any atom is 0.306 e. The number of allylic oxidation sites excluding steroid dienone is 11. The average Bonchev–Trinajstić information content (AvgIpc) is 3.18. The summed E-state index contributed by atoms with van der Waals surface area (Å²) in [4.78, 5) is 25.9. The van der Waals surface area contributed by atoms with Crippen molar-refractivity contribution in [3.8, 4) is 0 Å². The maximum absolute atomic E-state index is 13.1. The highest BCUT2D eigenvalue weighted by molar-refractivity contribution is 5.77. The van der Waals surface area contributed by atoms with E-state index in [9.17, 15) is 19.8 Å². The van der Waals surface area contributed by atoms with Crippen molar-refractivity contribution in [3.63, 3.8) is 0 Å². The highest BCUT2D eigenvalue weighted by Crippen LogP contribution is 2.15. The van der Waals surface area contributed by atoms with E-state index in [4.69, 9.17) is 4.74 Å². The maximum atomic E-state index is 13.1. The largest absolute Gasteiger partial charge is 0.461 e. The lowest BCUT2D eigenvalue weighted by Crippen LogP contribution is -2.46. The first kappa shape index (κ1) is 52.3. The number of rotatable bonds is 39. The van der Waals surface area contributed by atoms with Gasteiger partial charge in [-0.1, -0.05) is 209 Å². The van der Waals surface area contributed by atoms with E-state index in [0.717, 1.165) is 57.8 Å². The molecule has 1 amide bonds. The Kier molecular flexibility index (Phi) is 40.4. The van der Waals surface area contributed by atoms with Crippen molar-refractivity contribution in [3.05, 3.63) is 72.9 Å². The van der Waals surface area contributed by atoms with Crippen LogP contribution in [-0.2, 0) is 14.3 Å². The molecule has 0 aromatic heterocycles. The number of aliphatic hydroxyl groups excluding tert-OH is 2. The van der Waals surface area contributed by atoms with E-state index in [-0.39, 0.29) is 24.9 Å². The number of ether oxygens (including phenoxy) is 1. The molecular formula is C49H85NO5. The SMILES string of the molecule is CC/C=C/C=C/C=C\C=C/C=C/CC(CC(=O)NC(CO)C(O)CCCCCCCCCCCCCC)OC(=O)CCCCC/C=C\CCCCCCCC. The van der Waals surface area contributed by atoms with Crippen molar-refractivity contribution in [1.29, 1.82) is 0 Å². The van der Waals surface area contributed by atoms with Crippen molar-refractivity contribution in [2.45, 2.75) is 219 Å². The smallest absolute Gasteiger partial charge is 0.306 e. The van der Waals surface area contributed by atoms with Gasteiger partial charge < -0.3 is 20.3 Å². The van der Waals surface area contributed by atoms with Crippen LogP contribution in [0.15, 0.2) is 72.9 Å². The fourth-order valence-corrected chi connectivity index (χ4v) is 6.44. The Bertz CT molecular complexity index is 1040. The van der Waals surface area contributed by atoms with Crippen LogP contribution in [0.2, 0.25) is 0 Å². The number of unbranched alkanes of at least 4 members (excludes halogenated alkanes) is 20. The van der Waals surface area contributed by atoms with Gasteiger partial charge in [0.25, 0.3) is 0 Å². The molecule has 3 unspecified atom stereocenters. The summed E-state index contributed by atoms with van der Waals surface area (Å²) in [5, 5.41) is 23.6. The first-order valence-corrected chi connectivity index (χ1v) is 22.7. The summed E-state index contributed by atoms with van der Waals surface area (Å²) in [6.45, 7) is 6.26. The van der Waals surface area contributed by atoms with Gasteiger partial charge in [0, 0.05) is 12.8 Å². The zero-order valence-corrected chi connectivity index (χ0v) is 35.8. The first-order chi connectivity index (χ1) is 27.0. The molecule has 0 aromatic rings. The Labute approximate surface area is 339 Å². The third kappa shape index (κ3) is 38.0. The predicted molar refractivity (Wildman–Crippen MR) is 236 cm³/mol. The molecule has 6 heteroatoms. The first-order valence-electron chi connectivity index (χ1n) is 22.7. The molecular weight excluding hydrogens is 683 g/mol. The molecule has 3 N–H and O–H groups in total. The molecule has 0 bridgehead atoms. The molecule has 55 heavy (non-hydrogen) atoms. The molecule has 0 saturated heterocycles. The molecule has 0 aliphatic carbocycles. The Hall–Kier alpha value is -2.70. The zero-order chi connectivity index (χ0) is 40.3. The number of carbonyl (C=O) groups excluding carboxylic acids is 2. The van der Waals surface area contributed by atoms with E-state index in [1.165, 1.54) is 96.3 Å². The summed E-state index contributed by atoms with van der Waals surface area (Å²) >= 11 is 0. The van der Waals surface area contributed by atoms with Gasteiger partial charge in [-0.2, -0.15) is 0 Å². The fourth-order valence-electron chi connectivity index (χ4n) is 6.44. The minimum absolute atomic E-state index is 0.0268. The Morgan fingerprint density at radius 2 is 1.02 bits per heavy atom. The number of esters is 1. The van der Waals surface area contributed by atoms with Gasteiger partial charge >= 0.3 is 5.97 Å². The summed E-state index contributed by atoms with van der Waals surface area (Å²) in [6, 6.07) is -0.742. The lowest BCUT2D eigenvalue weighted by atomic mass is 10.0. The van der Waals surface area contributed by atoms with Crippen LogP contribution in [-0.4, -0.2) is 46.9 Å². The van der Waals surface area contributed by atoms with E-state index in [2.05, 4.69) is 44.3 Å². The molecule has 0 radical (unpaired) electrons. The lowest BCUT2D eigenvalue weighted by molar-refractivity contribution is -0.150. The van der Waals surface area contributed by atoms with Crippen molar-refractivity contribution in [1.82, 2.24) is 5.32 Å². The van der Waals surface area contributed by atoms with Gasteiger partial charge in [0.2, 0.25) is 5.91 Å². The zero-order valence-electron chi connectivity index (χ0n) is 35.8. The second kappa shape index (κ2) is 42.4. The van der Waals surface area contributed by atoms with Gasteiger partial charge in [-0.05, 0) is 44.9 Å². The second-order valence-corrected chi connectivity index (χ2v) is 15.2. The van der Waals surface area contributed by atoms with Crippen LogP contribution >= 0.6 is 0 Å². The van der Waals surface area contributed by atoms with Gasteiger partial charge in [0.05, 0.1) is 25.2 Å². The lowest BCUT2D eigenvalue weighted by Gasteiger charge is -2.24. The van der Waals surface area contributed by atoms with Crippen LogP contribution in [0.5, 0.6) is 0 Å². The number of aliphatic hydroxyl groups is 2. The quantitative estimate of drug-likeness (QED) is 0.0250. The van der Waals surface area contributed by atoms with Crippen LogP contribution in [0.4, 0.5) is 0 Å². The van der Waals surface area contributed by atoms with Crippen LogP contribution in [0.3, 0.4) is 0 Å². The van der Waals surface area contributed by atoms with Gasteiger partial charge in [-0.25, -0.2) is 0 Å². The van der Waals surface area contributed by atoms with Crippen molar-refractivity contribution in [2.75, 3.05) is 6.61 Å². The van der Waals surface area contributed by atoms with E-state index < -0.39 is 18.2 Å². The molecule has 0 spiro atoms. The highest BCUT2D eigenvalue weighted by atomic mass is 16.5. The van der Waals surface area contributed by atoms with Gasteiger partial charge in [-0.15, -0.1) is 0 Å². The Balaban J connectivity index is 4.75. The standard InChI is InChI=1S/C49H85NO5/c1-4-7-10-13-16-19-22-24-27-30-33-36-39-42-49(54)55-45(40-37-34-31-28-25-21-18-15-12-9-6-3)43-48(53)50-46(44-51)47(52)41-38-35-32-29-26-23-20-17-14-11-8-5-2/h9,12,15,18,21,24-25,27-28,31,34,37,45-47,51-52H,4-8,10-11,13-14,16-17,19-20,22-23,26,29-30,32-33,35-36,38-44H2,1-3H3,(H,50,53)/b12-9+,18-15+,25-21-,27-24-,31-28-,37-34+. The third-order valence-electron chi connectivity index (χ3n) is 9.90. The fraction of sp³-hybridized carbons (Fsp3) is 0.714. The van der Waals surface area contributed by atoms with Crippen molar-refractivity contribution < 1.29 is 24.5 Å². The van der Waals surface area contributed by atoms with Crippen molar-refractivity contribution in [2.24, 2.45) is 0 Å². The average molecular weight is 768 g/mol. The van der Waals surface area contributed by atoms with E-state index in [1.54, 1.807) is 0 Å². The second-order valence-electron chi connectivity index (χ2n) is 15.2. The number of hydrogen-bond donors (Lipinski definition) is 3. The molecule has 0 fully saturated rings. The molecule has 0 aliphatic rings. The highest BCUT2D eigenvalue weighted by Gasteiger charge is 2.23. The predicted octanol–water partition coefficient (Wildman–Crippen LogP) is 13.1.